The molecule has 116 valence electrons. The highest BCUT2D eigenvalue weighted by molar-refractivity contribution is 9.10. The Hall–Kier alpha value is -2.20. The number of aromatic amines is 1. The molecule has 0 unspecified atom stereocenters. The zero-order valence-electron chi connectivity index (χ0n) is 11.5. The monoisotopic (exact) mass is 386 g/mol. The Morgan fingerprint density at radius 3 is 2.64 bits per heavy atom. The lowest BCUT2D eigenvalue weighted by atomic mass is 10.1. The molecule has 0 fully saturated rings. The van der Waals surface area contributed by atoms with Crippen molar-refractivity contribution in [1.29, 1.82) is 0 Å². The van der Waals surface area contributed by atoms with E-state index < -0.39 is 17.8 Å². The minimum Gasteiger partial charge on any atom is -0.465 e. The van der Waals surface area contributed by atoms with Gasteiger partial charge in [-0.2, -0.15) is 5.10 Å². The van der Waals surface area contributed by atoms with Gasteiger partial charge in [-0.25, -0.2) is 4.79 Å². The predicted octanol–water partition coefficient (Wildman–Crippen LogP) is 1.68. The zero-order chi connectivity index (χ0) is 16.4. The smallest absolute Gasteiger partial charge is 0.341 e. The van der Waals surface area contributed by atoms with Gasteiger partial charge >= 0.3 is 5.97 Å². The first-order valence-corrected chi connectivity index (χ1v) is 7.49. The molecule has 8 nitrogen and oxygen atoms in total. The number of esters is 1. The molecule has 10 heteroatoms. The molecule has 2 heterocycles. The van der Waals surface area contributed by atoms with Crippen LogP contribution in [-0.2, 0) is 4.74 Å². The van der Waals surface area contributed by atoms with E-state index >= 15 is 0 Å². The van der Waals surface area contributed by atoms with Crippen molar-refractivity contribution in [3.63, 3.8) is 0 Å². The van der Waals surface area contributed by atoms with Crippen molar-refractivity contribution in [2.45, 2.75) is 6.92 Å². The first-order chi connectivity index (χ1) is 10.4. The summed E-state index contributed by atoms with van der Waals surface area (Å²) in [6.07, 6.45) is 1.42. The lowest BCUT2D eigenvalue weighted by Crippen LogP contribution is -2.15. The maximum Gasteiger partial charge on any atom is 0.341 e. The predicted molar refractivity (Wildman–Crippen MR) is 83.2 cm³/mol. The average molecular weight is 387 g/mol. The standard InChI is InChI=1S/C12H11BrN4O4S/c1-4-6(12(20)21-2)11(22-8(4)9(14)18)16-10(19)7-5(13)3-15-17-7/h3H,1-2H3,(H2,14,18)(H,15,17)(H,16,19). The van der Waals surface area contributed by atoms with Crippen molar-refractivity contribution in [1.82, 2.24) is 10.2 Å². The van der Waals surface area contributed by atoms with E-state index in [0.29, 0.717) is 10.0 Å². The number of halogens is 1. The summed E-state index contributed by atoms with van der Waals surface area (Å²) < 4.78 is 5.15. The number of nitrogens with zero attached hydrogens (tertiary/aromatic N) is 1. The molecule has 0 atom stereocenters. The molecule has 22 heavy (non-hydrogen) atoms. The number of hydrogen-bond acceptors (Lipinski definition) is 6. The van der Waals surface area contributed by atoms with E-state index in [-0.39, 0.29) is 21.1 Å². The summed E-state index contributed by atoms with van der Waals surface area (Å²) in [6, 6.07) is 0. The molecular weight excluding hydrogens is 376 g/mol. The van der Waals surface area contributed by atoms with Gasteiger partial charge in [0.15, 0.2) is 0 Å². The van der Waals surface area contributed by atoms with Gasteiger partial charge in [0.25, 0.3) is 11.8 Å². The first-order valence-electron chi connectivity index (χ1n) is 5.88. The number of rotatable bonds is 4. The molecule has 2 aromatic rings. The number of methoxy groups -OCH3 is 1. The number of primary amides is 1. The summed E-state index contributed by atoms with van der Waals surface area (Å²) in [5.74, 6) is -1.87. The van der Waals surface area contributed by atoms with Gasteiger partial charge in [-0.1, -0.05) is 0 Å². The van der Waals surface area contributed by atoms with Crippen molar-refractivity contribution in [2.75, 3.05) is 12.4 Å². The quantitative estimate of drug-likeness (QED) is 0.688. The van der Waals surface area contributed by atoms with E-state index in [9.17, 15) is 14.4 Å². The number of carbonyl (C=O) groups is 3. The van der Waals surface area contributed by atoms with Crippen LogP contribution in [-0.4, -0.2) is 35.1 Å². The topological polar surface area (TPSA) is 127 Å². The fourth-order valence-corrected chi connectivity index (χ4v) is 3.19. The molecule has 2 rings (SSSR count). The third kappa shape index (κ3) is 2.88. The Labute approximate surface area is 137 Å². The molecule has 0 bridgehead atoms. The molecular formula is C12H11BrN4O4S. The minimum atomic E-state index is -0.684. The van der Waals surface area contributed by atoms with E-state index in [1.807, 2.05) is 0 Å². The van der Waals surface area contributed by atoms with E-state index in [1.165, 1.54) is 13.3 Å². The molecule has 2 amide bonds. The van der Waals surface area contributed by atoms with Gasteiger partial charge in [0.1, 0.15) is 10.7 Å². The number of hydrogen-bond donors (Lipinski definition) is 3. The Bertz CT molecular complexity index is 767. The number of H-pyrrole nitrogens is 1. The summed E-state index contributed by atoms with van der Waals surface area (Å²) in [4.78, 5) is 35.6. The Morgan fingerprint density at radius 1 is 1.45 bits per heavy atom. The molecule has 0 radical (unpaired) electrons. The highest BCUT2D eigenvalue weighted by Gasteiger charge is 2.26. The SMILES string of the molecule is COC(=O)c1c(NC(=O)c2[nH]ncc2Br)sc(C(N)=O)c1C. The number of anilines is 1. The molecule has 0 aliphatic rings. The molecule has 0 spiro atoms. The summed E-state index contributed by atoms with van der Waals surface area (Å²) in [5, 5.41) is 8.97. The summed E-state index contributed by atoms with van der Waals surface area (Å²) in [6.45, 7) is 1.56. The van der Waals surface area contributed by atoms with E-state index in [4.69, 9.17) is 5.73 Å². The van der Waals surface area contributed by atoms with E-state index in [0.717, 1.165) is 11.3 Å². The van der Waals surface area contributed by atoms with Crippen LogP contribution in [0.2, 0.25) is 0 Å². The second kappa shape index (κ2) is 6.28. The number of amides is 2. The Kier molecular flexibility index (Phi) is 4.62. The summed E-state index contributed by atoms with van der Waals surface area (Å²) in [5.41, 5.74) is 5.92. The molecule has 4 N–H and O–H groups in total. The second-order valence-corrected chi connectivity index (χ2v) is 6.04. The average Bonchev–Trinajstić information content (AvgIpc) is 3.02. The number of carbonyl (C=O) groups excluding carboxylic acids is 3. The van der Waals surface area contributed by atoms with Crippen molar-refractivity contribution in [2.24, 2.45) is 5.73 Å². The maximum absolute atomic E-state index is 12.2. The second-order valence-electron chi connectivity index (χ2n) is 4.16. The van der Waals surface area contributed by atoms with Gasteiger partial charge in [0.05, 0.1) is 28.2 Å². The molecule has 0 aliphatic carbocycles. The van der Waals surface area contributed by atoms with E-state index in [2.05, 4.69) is 36.2 Å². The third-order valence-corrected chi connectivity index (χ3v) is 4.63. The summed E-state index contributed by atoms with van der Waals surface area (Å²) in [7, 11) is 1.21. The van der Waals surface area contributed by atoms with Crippen molar-refractivity contribution in [3.05, 3.63) is 32.4 Å². The molecule has 0 aromatic carbocycles. The van der Waals surface area contributed by atoms with Crippen LogP contribution in [0.1, 0.15) is 36.1 Å². The molecule has 2 aromatic heterocycles. The highest BCUT2D eigenvalue weighted by Crippen LogP contribution is 2.33. The fourth-order valence-electron chi connectivity index (χ4n) is 1.78. The van der Waals surface area contributed by atoms with Crippen LogP contribution in [0.4, 0.5) is 5.00 Å². The van der Waals surface area contributed by atoms with E-state index in [1.54, 1.807) is 6.92 Å². The molecule has 0 saturated heterocycles. The van der Waals surface area contributed by atoms with Crippen LogP contribution >= 0.6 is 27.3 Å². The van der Waals surface area contributed by atoms with Crippen molar-refractivity contribution >= 4 is 50.1 Å². The van der Waals surface area contributed by atoms with Gasteiger partial charge in [-0.15, -0.1) is 11.3 Å². The molecule has 0 aliphatic heterocycles. The lowest BCUT2D eigenvalue weighted by molar-refractivity contribution is 0.0601. The number of nitrogens with two attached hydrogens (primary N) is 1. The van der Waals surface area contributed by atoms with Gasteiger partial charge in [0, 0.05) is 0 Å². The largest absolute Gasteiger partial charge is 0.465 e. The highest BCUT2D eigenvalue weighted by atomic mass is 79.9. The Morgan fingerprint density at radius 2 is 2.14 bits per heavy atom. The van der Waals surface area contributed by atoms with Crippen LogP contribution in [0.3, 0.4) is 0 Å². The number of thiophene rings is 1. The normalized spacial score (nSPS) is 10.3. The van der Waals surface area contributed by atoms with Crippen molar-refractivity contribution in [3.8, 4) is 0 Å². The van der Waals surface area contributed by atoms with Gasteiger partial charge in [0.2, 0.25) is 0 Å². The zero-order valence-corrected chi connectivity index (χ0v) is 13.9. The molecule has 0 saturated carbocycles. The Balaban J connectivity index is 2.44. The van der Waals surface area contributed by atoms with Gasteiger partial charge in [-0.3, -0.25) is 14.7 Å². The maximum atomic E-state index is 12.2. The lowest BCUT2D eigenvalue weighted by Gasteiger charge is -2.05. The van der Waals surface area contributed by atoms with Crippen LogP contribution in [0.25, 0.3) is 0 Å². The van der Waals surface area contributed by atoms with Crippen LogP contribution < -0.4 is 11.1 Å². The number of nitrogens with one attached hydrogen (secondary N) is 2. The number of aromatic nitrogens is 2. The van der Waals surface area contributed by atoms with Crippen LogP contribution in [0, 0.1) is 6.92 Å². The van der Waals surface area contributed by atoms with Crippen molar-refractivity contribution < 1.29 is 19.1 Å². The van der Waals surface area contributed by atoms with Gasteiger partial charge < -0.3 is 15.8 Å². The fraction of sp³-hybridized carbons (Fsp3) is 0.167. The minimum absolute atomic E-state index is 0.102. The number of ether oxygens (including phenoxy) is 1. The summed E-state index contributed by atoms with van der Waals surface area (Å²) >= 11 is 4.08. The third-order valence-electron chi connectivity index (χ3n) is 2.81. The van der Waals surface area contributed by atoms with Gasteiger partial charge in [-0.05, 0) is 28.4 Å². The van der Waals surface area contributed by atoms with Crippen LogP contribution in [0.15, 0.2) is 10.7 Å². The first kappa shape index (κ1) is 16.2. The van der Waals surface area contributed by atoms with Crippen LogP contribution in [0.5, 0.6) is 0 Å².